The summed E-state index contributed by atoms with van der Waals surface area (Å²) in [5.74, 6) is 0.912. The van der Waals surface area contributed by atoms with Crippen molar-refractivity contribution in [1.82, 2.24) is 10.2 Å². The number of anilines is 1. The van der Waals surface area contributed by atoms with Gasteiger partial charge in [-0.15, -0.1) is 0 Å². The van der Waals surface area contributed by atoms with Crippen LogP contribution in [0.1, 0.15) is 16.8 Å². The first kappa shape index (κ1) is 14.8. The van der Waals surface area contributed by atoms with Crippen molar-refractivity contribution >= 4 is 17.4 Å². The lowest BCUT2D eigenvalue weighted by atomic mass is 10.1. The van der Waals surface area contributed by atoms with Gasteiger partial charge in [-0.3, -0.25) is 9.79 Å². The van der Waals surface area contributed by atoms with Crippen molar-refractivity contribution in [1.29, 1.82) is 0 Å². The lowest BCUT2D eigenvalue weighted by Gasteiger charge is -2.29. The number of hydrogen-bond acceptors (Lipinski definition) is 4. The molecule has 2 aliphatic heterocycles. The minimum Gasteiger partial charge on any atom is -0.339 e. The molecule has 1 unspecified atom stereocenters. The van der Waals surface area contributed by atoms with E-state index in [2.05, 4.69) is 34.2 Å². The fraction of sp³-hybridized carbons (Fsp3) is 0.412. The van der Waals surface area contributed by atoms with Crippen molar-refractivity contribution in [3.63, 3.8) is 0 Å². The molecule has 0 aliphatic carbocycles. The lowest BCUT2D eigenvalue weighted by molar-refractivity contribution is 0.0954. The van der Waals surface area contributed by atoms with Crippen molar-refractivity contribution in [2.45, 2.75) is 12.5 Å². The minimum atomic E-state index is -0.131. The monoisotopic (exact) mass is 298 g/mol. The lowest BCUT2D eigenvalue weighted by Crippen LogP contribution is -2.46. The Morgan fingerprint density at radius 1 is 1.36 bits per heavy atom. The number of carbonyl (C=O) groups excluding carboxylic acids is 1. The van der Waals surface area contributed by atoms with Crippen LogP contribution in [0.3, 0.4) is 0 Å². The van der Waals surface area contributed by atoms with Crippen LogP contribution in [-0.4, -0.2) is 56.4 Å². The molecule has 1 amide bonds. The van der Waals surface area contributed by atoms with Gasteiger partial charge in [-0.25, -0.2) is 0 Å². The number of hydrogen-bond donors (Lipinski definition) is 1. The van der Waals surface area contributed by atoms with Gasteiger partial charge >= 0.3 is 0 Å². The summed E-state index contributed by atoms with van der Waals surface area (Å²) in [5.41, 5.74) is 1.67. The number of aliphatic imine (C=N–C) groups is 1. The van der Waals surface area contributed by atoms with Gasteiger partial charge in [0, 0.05) is 6.54 Å². The summed E-state index contributed by atoms with van der Waals surface area (Å²) in [6.45, 7) is 2.54. The Hall–Kier alpha value is -2.14. The quantitative estimate of drug-likeness (QED) is 0.858. The number of carbonyl (C=O) groups is 1. The van der Waals surface area contributed by atoms with Gasteiger partial charge in [-0.1, -0.05) is 24.3 Å². The van der Waals surface area contributed by atoms with E-state index in [1.165, 1.54) is 0 Å². The van der Waals surface area contributed by atoms with Crippen LogP contribution in [0, 0.1) is 0 Å². The number of nitrogens with one attached hydrogen (secondary N) is 1. The molecule has 1 atom stereocenters. The predicted octanol–water partition coefficient (Wildman–Crippen LogP) is 1.52. The maximum atomic E-state index is 12.5. The summed E-state index contributed by atoms with van der Waals surface area (Å²) in [6.07, 6.45) is 5.05. The third kappa shape index (κ3) is 2.90. The first-order valence-corrected chi connectivity index (χ1v) is 7.70. The second kappa shape index (κ2) is 6.32. The molecule has 1 aromatic rings. The van der Waals surface area contributed by atoms with Crippen molar-refractivity contribution in [3.05, 3.63) is 42.0 Å². The molecule has 5 heteroatoms. The van der Waals surface area contributed by atoms with Gasteiger partial charge in [0.15, 0.2) is 0 Å². The van der Waals surface area contributed by atoms with Crippen LogP contribution in [0.15, 0.2) is 41.4 Å². The van der Waals surface area contributed by atoms with Crippen molar-refractivity contribution in [3.8, 4) is 0 Å². The van der Waals surface area contributed by atoms with Gasteiger partial charge in [-0.2, -0.15) is 0 Å². The van der Waals surface area contributed by atoms with E-state index in [9.17, 15) is 4.79 Å². The number of benzene rings is 1. The highest BCUT2D eigenvalue weighted by molar-refractivity contribution is 6.13. The molecule has 0 radical (unpaired) electrons. The molecule has 0 saturated heterocycles. The minimum absolute atomic E-state index is 0.0324. The topological polar surface area (TPSA) is 47.9 Å². The van der Waals surface area contributed by atoms with E-state index < -0.39 is 0 Å². The molecule has 116 valence electrons. The molecular weight excluding hydrogens is 276 g/mol. The summed E-state index contributed by atoms with van der Waals surface area (Å²) < 4.78 is 0. The summed E-state index contributed by atoms with van der Waals surface area (Å²) in [7, 11) is 4.15. The molecule has 1 aromatic carbocycles. The molecule has 0 fully saturated rings. The van der Waals surface area contributed by atoms with E-state index in [1.54, 1.807) is 0 Å². The van der Waals surface area contributed by atoms with Crippen molar-refractivity contribution in [2.75, 3.05) is 38.6 Å². The van der Waals surface area contributed by atoms with Crippen LogP contribution in [0.4, 0.5) is 5.69 Å². The SMILES string of the molecule is CN(C)CCCN1C2=NCC=CC2NC(=O)c2ccccc21. The zero-order valence-electron chi connectivity index (χ0n) is 13.1. The third-order valence-electron chi connectivity index (χ3n) is 3.96. The van der Waals surface area contributed by atoms with E-state index >= 15 is 0 Å². The molecule has 0 aromatic heterocycles. The molecule has 22 heavy (non-hydrogen) atoms. The van der Waals surface area contributed by atoms with E-state index in [1.807, 2.05) is 36.4 Å². The van der Waals surface area contributed by atoms with Gasteiger partial charge in [-0.05, 0) is 39.2 Å². The maximum Gasteiger partial charge on any atom is 0.254 e. The van der Waals surface area contributed by atoms with Crippen LogP contribution in [0.5, 0.6) is 0 Å². The number of fused-ring (bicyclic) bond motifs is 2. The number of amides is 1. The van der Waals surface area contributed by atoms with Crippen LogP contribution in [0.2, 0.25) is 0 Å². The Morgan fingerprint density at radius 2 is 2.18 bits per heavy atom. The van der Waals surface area contributed by atoms with E-state index in [-0.39, 0.29) is 11.9 Å². The fourth-order valence-corrected chi connectivity index (χ4v) is 2.92. The molecule has 0 bridgehead atoms. The van der Waals surface area contributed by atoms with Gasteiger partial charge in [0.25, 0.3) is 5.91 Å². The number of rotatable bonds is 4. The van der Waals surface area contributed by atoms with Crippen LogP contribution in [0.25, 0.3) is 0 Å². The van der Waals surface area contributed by atoms with Crippen molar-refractivity contribution in [2.24, 2.45) is 4.99 Å². The van der Waals surface area contributed by atoms with Crippen LogP contribution < -0.4 is 10.2 Å². The number of dihydropyridines is 1. The predicted molar refractivity (Wildman–Crippen MR) is 89.7 cm³/mol. The van der Waals surface area contributed by atoms with E-state index in [0.29, 0.717) is 6.54 Å². The Kier molecular flexibility index (Phi) is 4.24. The average Bonchev–Trinajstić information content (AvgIpc) is 2.63. The first-order chi connectivity index (χ1) is 10.7. The van der Waals surface area contributed by atoms with Gasteiger partial charge in [0.05, 0.1) is 17.8 Å². The molecule has 0 spiro atoms. The first-order valence-electron chi connectivity index (χ1n) is 7.70. The standard InChI is InChI=1S/C17H22N4O/c1-20(2)11-6-12-21-15-9-4-3-7-13(15)17(22)19-14-8-5-10-18-16(14)21/h3-5,7-9,14H,6,10-12H2,1-2H3,(H,19,22). The second-order valence-electron chi connectivity index (χ2n) is 5.90. The Balaban J connectivity index is 1.95. The van der Waals surface area contributed by atoms with E-state index in [4.69, 9.17) is 0 Å². The highest BCUT2D eigenvalue weighted by Crippen LogP contribution is 2.26. The summed E-state index contributed by atoms with van der Waals surface area (Å²) in [4.78, 5) is 21.5. The summed E-state index contributed by atoms with van der Waals surface area (Å²) in [6, 6.07) is 7.64. The third-order valence-corrected chi connectivity index (χ3v) is 3.96. The summed E-state index contributed by atoms with van der Waals surface area (Å²) in [5, 5.41) is 3.06. The highest BCUT2D eigenvalue weighted by Gasteiger charge is 2.31. The summed E-state index contributed by atoms with van der Waals surface area (Å²) >= 11 is 0. The number of nitrogens with zero attached hydrogens (tertiary/aromatic N) is 3. The Labute approximate surface area is 131 Å². The van der Waals surface area contributed by atoms with Gasteiger partial charge in [0.2, 0.25) is 0 Å². The second-order valence-corrected chi connectivity index (χ2v) is 5.90. The molecular formula is C17H22N4O. The highest BCUT2D eigenvalue weighted by atomic mass is 16.1. The maximum absolute atomic E-state index is 12.5. The molecule has 2 aliphatic rings. The zero-order chi connectivity index (χ0) is 15.5. The number of para-hydroxylation sites is 1. The molecule has 1 N–H and O–H groups in total. The Bertz CT molecular complexity index is 621. The normalized spacial score (nSPS) is 20.1. The van der Waals surface area contributed by atoms with Gasteiger partial charge in [0.1, 0.15) is 11.9 Å². The molecule has 2 heterocycles. The Morgan fingerprint density at radius 3 is 3.00 bits per heavy atom. The van der Waals surface area contributed by atoms with Gasteiger partial charge < -0.3 is 15.1 Å². The molecule has 3 rings (SSSR count). The smallest absolute Gasteiger partial charge is 0.254 e. The van der Waals surface area contributed by atoms with E-state index in [0.717, 1.165) is 36.6 Å². The number of amidine groups is 1. The zero-order valence-corrected chi connectivity index (χ0v) is 13.1. The fourth-order valence-electron chi connectivity index (χ4n) is 2.92. The molecule has 5 nitrogen and oxygen atoms in total. The average molecular weight is 298 g/mol. The van der Waals surface area contributed by atoms with Crippen LogP contribution >= 0.6 is 0 Å². The molecule has 0 saturated carbocycles. The van der Waals surface area contributed by atoms with Crippen molar-refractivity contribution < 1.29 is 4.79 Å². The largest absolute Gasteiger partial charge is 0.339 e. The van der Waals surface area contributed by atoms with Crippen LogP contribution in [-0.2, 0) is 0 Å².